The smallest absolute Gasteiger partial charge is 0.255 e. The zero-order chi connectivity index (χ0) is 18.6. The molecule has 2 aromatic carbocycles. The van der Waals surface area contributed by atoms with Gasteiger partial charge in [0.05, 0.1) is 6.42 Å². The van der Waals surface area contributed by atoms with Gasteiger partial charge in [0.2, 0.25) is 12.7 Å². The van der Waals surface area contributed by atoms with Crippen molar-refractivity contribution in [2.75, 3.05) is 17.4 Å². The monoisotopic (exact) mass is 380 g/mol. The molecular formula is C20H16N2O4S. The Morgan fingerprint density at radius 2 is 1.74 bits per heavy atom. The predicted molar refractivity (Wildman–Crippen MR) is 104 cm³/mol. The van der Waals surface area contributed by atoms with E-state index in [1.807, 2.05) is 17.5 Å². The molecule has 136 valence electrons. The zero-order valence-electron chi connectivity index (χ0n) is 14.2. The third kappa shape index (κ3) is 4.09. The van der Waals surface area contributed by atoms with E-state index in [1.165, 1.54) is 0 Å². The van der Waals surface area contributed by atoms with E-state index in [1.54, 1.807) is 53.8 Å². The summed E-state index contributed by atoms with van der Waals surface area (Å²) in [5.41, 5.74) is 1.68. The van der Waals surface area contributed by atoms with Crippen molar-refractivity contribution in [3.8, 4) is 11.5 Å². The number of benzene rings is 2. The molecule has 1 aliphatic rings. The second kappa shape index (κ2) is 7.51. The summed E-state index contributed by atoms with van der Waals surface area (Å²) in [5.74, 6) is 0.811. The Morgan fingerprint density at radius 1 is 0.926 bits per heavy atom. The first-order chi connectivity index (χ1) is 13.2. The second-order valence-corrected chi connectivity index (χ2v) is 6.94. The minimum absolute atomic E-state index is 0.100. The fraction of sp³-hybridized carbons (Fsp3) is 0.100. The van der Waals surface area contributed by atoms with Gasteiger partial charge in [-0.05, 0) is 47.8 Å². The number of carbonyl (C=O) groups is 2. The minimum Gasteiger partial charge on any atom is -0.454 e. The molecule has 0 unspecified atom stereocenters. The highest BCUT2D eigenvalue weighted by Crippen LogP contribution is 2.32. The maximum atomic E-state index is 12.5. The zero-order valence-corrected chi connectivity index (χ0v) is 15.0. The van der Waals surface area contributed by atoms with Gasteiger partial charge in [0.25, 0.3) is 5.91 Å². The lowest BCUT2D eigenvalue weighted by Gasteiger charge is -2.09. The predicted octanol–water partition coefficient (Wildman–Crippen LogP) is 3.91. The quantitative estimate of drug-likeness (QED) is 0.704. The summed E-state index contributed by atoms with van der Waals surface area (Å²) in [6.07, 6.45) is 0.325. The number of nitrogens with one attached hydrogen (secondary N) is 2. The lowest BCUT2D eigenvalue weighted by molar-refractivity contribution is -0.115. The van der Waals surface area contributed by atoms with Crippen LogP contribution in [0, 0.1) is 0 Å². The fourth-order valence-corrected chi connectivity index (χ4v) is 3.40. The van der Waals surface area contributed by atoms with Gasteiger partial charge in [-0.25, -0.2) is 0 Å². The van der Waals surface area contributed by atoms with Crippen molar-refractivity contribution in [2.24, 2.45) is 0 Å². The van der Waals surface area contributed by atoms with E-state index in [9.17, 15) is 9.59 Å². The van der Waals surface area contributed by atoms with Crippen LogP contribution in [-0.4, -0.2) is 18.6 Å². The average molecular weight is 380 g/mol. The van der Waals surface area contributed by atoms with Crippen LogP contribution in [0.25, 0.3) is 0 Å². The van der Waals surface area contributed by atoms with Crippen LogP contribution in [0.2, 0.25) is 0 Å². The van der Waals surface area contributed by atoms with Crippen LogP contribution in [0.3, 0.4) is 0 Å². The number of rotatable bonds is 5. The SMILES string of the molecule is O=C(Cc1cccs1)Nc1cccc(NC(=O)c2ccc3c(c2)OCO3)c1. The third-order valence-electron chi connectivity index (χ3n) is 3.95. The molecule has 0 aliphatic carbocycles. The van der Waals surface area contributed by atoms with Gasteiger partial charge in [-0.2, -0.15) is 0 Å². The van der Waals surface area contributed by atoms with Crippen LogP contribution in [0.5, 0.6) is 11.5 Å². The largest absolute Gasteiger partial charge is 0.454 e. The average Bonchev–Trinajstić information content (AvgIpc) is 3.32. The maximum absolute atomic E-state index is 12.5. The molecule has 0 spiro atoms. The van der Waals surface area contributed by atoms with E-state index < -0.39 is 0 Å². The van der Waals surface area contributed by atoms with Crippen LogP contribution in [0.1, 0.15) is 15.2 Å². The number of amides is 2. The first-order valence-corrected chi connectivity index (χ1v) is 9.19. The van der Waals surface area contributed by atoms with Gasteiger partial charge in [-0.3, -0.25) is 9.59 Å². The van der Waals surface area contributed by atoms with Crippen LogP contribution in [-0.2, 0) is 11.2 Å². The number of fused-ring (bicyclic) bond motifs is 1. The van der Waals surface area contributed by atoms with Gasteiger partial charge in [0.15, 0.2) is 11.5 Å². The molecule has 0 fully saturated rings. The summed E-state index contributed by atoms with van der Waals surface area (Å²) in [6.45, 7) is 0.160. The summed E-state index contributed by atoms with van der Waals surface area (Å²) in [4.78, 5) is 25.6. The summed E-state index contributed by atoms with van der Waals surface area (Å²) in [6, 6.07) is 15.9. The molecule has 27 heavy (non-hydrogen) atoms. The van der Waals surface area contributed by atoms with Gasteiger partial charge in [-0.1, -0.05) is 12.1 Å². The molecule has 2 N–H and O–H groups in total. The molecule has 0 atom stereocenters. The molecule has 0 radical (unpaired) electrons. The van der Waals surface area contributed by atoms with Gasteiger partial charge < -0.3 is 20.1 Å². The number of anilines is 2. The van der Waals surface area contributed by atoms with Crippen molar-refractivity contribution in [1.29, 1.82) is 0 Å². The normalized spacial score (nSPS) is 11.9. The minimum atomic E-state index is -0.268. The molecule has 7 heteroatoms. The fourth-order valence-electron chi connectivity index (χ4n) is 2.69. The Bertz CT molecular complexity index is 985. The van der Waals surface area contributed by atoms with Gasteiger partial charge in [0, 0.05) is 21.8 Å². The molecule has 2 amide bonds. The second-order valence-electron chi connectivity index (χ2n) is 5.91. The highest BCUT2D eigenvalue weighted by atomic mass is 32.1. The van der Waals surface area contributed by atoms with Gasteiger partial charge in [-0.15, -0.1) is 11.3 Å². The summed E-state index contributed by atoms with van der Waals surface area (Å²) in [5, 5.41) is 7.61. The highest BCUT2D eigenvalue weighted by molar-refractivity contribution is 7.10. The number of ether oxygens (including phenoxy) is 2. The Kier molecular flexibility index (Phi) is 4.76. The Hall–Kier alpha value is -3.32. The summed E-state index contributed by atoms with van der Waals surface area (Å²) < 4.78 is 10.5. The van der Waals surface area contributed by atoms with E-state index in [-0.39, 0.29) is 18.6 Å². The van der Waals surface area contributed by atoms with Crippen LogP contribution < -0.4 is 20.1 Å². The van der Waals surface area contributed by atoms with Crippen LogP contribution in [0.4, 0.5) is 11.4 Å². The first-order valence-electron chi connectivity index (χ1n) is 8.31. The molecule has 1 aliphatic heterocycles. The molecular weight excluding hydrogens is 364 g/mol. The molecule has 6 nitrogen and oxygen atoms in total. The molecule has 1 aromatic heterocycles. The highest BCUT2D eigenvalue weighted by Gasteiger charge is 2.16. The molecule has 0 saturated heterocycles. The first kappa shape index (κ1) is 17.1. The molecule has 4 rings (SSSR count). The van der Waals surface area contributed by atoms with Crippen molar-refractivity contribution in [1.82, 2.24) is 0 Å². The molecule has 3 aromatic rings. The van der Waals surface area contributed by atoms with Gasteiger partial charge >= 0.3 is 0 Å². The maximum Gasteiger partial charge on any atom is 0.255 e. The Balaban J connectivity index is 1.41. The number of carbonyl (C=O) groups excluding carboxylic acids is 2. The van der Waals surface area contributed by atoms with Crippen molar-refractivity contribution in [3.05, 3.63) is 70.4 Å². The standard InChI is InChI=1S/C20H16N2O4S/c23-19(11-16-5-2-8-27-16)21-14-3-1-4-15(10-14)22-20(24)13-6-7-17-18(9-13)26-12-25-17/h1-10H,11-12H2,(H,21,23)(H,22,24). The molecule has 0 saturated carbocycles. The van der Waals surface area contributed by atoms with Gasteiger partial charge in [0.1, 0.15) is 0 Å². The van der Waals surface area contributed by atoms with E-state index in [0.29, 0.717) is 34.9 Å². The molecule has 2 heterocycles. The van der Waals surface area contributed by atoms with E-state index in [0.717, 1.165) is 4.88 Å². The van der Waals surface area contributed by atoms with Crippen molar-refractivity contribution < 1.29 is 19.1 Å². The van der Waals surface area contributed by atoms with E-state index in [2.05, 4.69) is 10.6 Å². The Labute approximate surface area is 159 Å². The van der Waals surface area contributed by atoms with E-state index >= 15 is 0 Å². The van der Waals surface area contributed by atoms with Crippen molar-refractivity contribution in [2.45, 2.75) is 6.42 Å². The van der Waals surface area contributed by atoms with Crippen LogP contribution >= 0.6 is 11.3 Å². The van der Waals surface area contributed by atoms with E-state index in [4.69, 9.17) is 9.47 Å². The summed E-state index contributed by atoms with van der Waals surface area (Å²) >= 11 is 1.54. The topological polar surface area (TPSA) is 76.7 Å². The lowest BCUT2D eigenvalue weighted by atomic mass is 10.2. The number of thiophene rings is 1. The lowest BCUT2D eigenvalue weighted by Crippen LogP contribution is -2.15. The van der Waals surface area contributed by atoms with Crippen molar-refractivity contribution >= 4 is 34.5 Å². The Morgan fingerprint density at radius 3 is 2.56 bits per heavy atom. The number of hydrogen-bond acceptors (Lipinski definition) is 5. The third-order valence-corrected chi connectivity index (χ3v) is 4.83. The van der Waals surface area contributed by atoms with Crippen molar-refractivity contribution in [3.63, 3.8) is 0 Å². The molecule has 0 bridgehead atoms. The summed E-state index contributed by atoms with van der Waals surface area (Å²) in [7, 11) is 0. The van der Waals surface area contributed by atoms with Crippen LogP contribution in [0.15, 0.2) is 60.0 Å². The number of hydrogen-bond donors (Lipinski definition) is 2.